The monoisotopic (exact) mass is 485 g/mol. The van der Waals surface area contributed by atoms with E-state index in [0.717, 1.165) is 55.2 Å². The summed E-state index contributed by atoms with van der Waals surface area (Å²) >= 11 is 5.90. The molecule has 1 aliphatic rings. The number of piperidine rings is 1. The summed E-state index contributed by atoms with van der Waals surface area (Å²) in [6, 6.07) is 12.1. The number of nitrogens with zero attached hydrogens (tertiary/aromatic N) is 5. The van der Waals surface area contributed by atoms with Crippen LogP contribution in [0, 0.1) is 0 Å². The van der Waals surface area contributed by atoms with Crippen LogP contribution in [0.4, 0.5) is 10.7 Å². The first-order valence-electron chi connectivity index (χ1n) is 11.7. The predicted octanol–water partition coefficient (Wildman–Crippen LogP) is 3.93. The molecule has 4 rings (SSSR count). The molecule has 0 saturated carbocycles. The maximum atomic E-state index is 11.8. The molecule has 1 fully saturated rings. The average molecular weight is 486 g/mol. The lowest BCUT2D eigenvalue weighted by Gasteiger charge is -2.32. The van der Waals surface area contributed by atoms with Crippen molar-refractivity contribution < 1.29 is 9.53 Å². The number of para-hydroxylation sites is 2. The number of likely N-dealkylation sites (tertiary alicyclic amines) is 1. The molecule has 3 heterocycles. The number of carbonyl (C=O) groups excluding carboxylic acids is 1. The number of fused-ring (bicyclic) bond motifs is 1. The molecule has 1 aliphatic heterocycles. The Bertz CT molecular complexity index is 1100. The first-order valence-corrected chi connectivity index (χ1v) is 12.0. The zero-order valence-corrected chi connectivity index (χ0v) is 20.7. The number of amides is 1. The highest BCUT2D eigenvalue weighted by molar-refractivity contribution is 6.29. The number of alkyl carbamates (subject to hydrolysis) is 1. The van der Waals surface area contributed by atoms with Crippen LogP contribution in [0.1, 0.15) is 39.3 Å². The van der Waals surface area contributed by atoms with Gasteiger partial charge in [0.05, 0.1) is 23.3 Å². The number of halogens is 1. The summed E-state index contributed by atoms with van der Waals surface area (Å²) in [6.45, 7) is 9.43. The van der Waals surface area contributed by atoms with E-state index in [0.29, 0.717) is 24.3 Å². The van der Waals surface area contributed by atoms with E-state index in [-0.39, 0.29) is 6.09 Å². The number of aromatic nitrogens is 4. The summed E-state index contributed by atoms with van der Waals surface area (Å²) in [4.78, 5) is 19.0. The first-order chi connectivity index (χ1) is 16.3. The van der Waals surface area contributed by atoms with Gasteiger partial charge in [0.1, 0.15) is 5.60 Å². The minimum Gasteiger partial charge on any atom is -0.444 e. The molecule has 10 heteroatoms. The SMILES string of the molecule is CC(C)(C)OC(=O)NCCN1CCC(Nc2nc3ccccc3n2Cc2ccc(Cl)nn2)CC1. The van der Waals surface area contributed by atoms with E-state index in [1.165, 1.54) is 0 Å². The summed E-state index contributed by atoms with van der Waals surface area (Å²) in [6.07, 6.45) is 1.63. The lowest BCUT2D eigenvalue weighted by Crippen LogP contribution is -2.43. The number of benzene rings is 1. The molecule has 0 atom stereocenters. The van der Waals surface area contributed by atoms with E-state index in [1.54, 1.807) is 6.07 Å². The predicted molar refractivity (Wildman–Crippen MR) is 133 cm³/mol. The van der Waals surface area contributed by atoms with Crippen LogP contribution in [0.3, 0.4) is 0 Å². The molecule has 2 N–H and O–H groups in total. The molecule has 182 valence electrons. The highest BCUT2D eigenvalue weighted by Crippen LogP contribution is 2.23. The van der Waals surface area contributed by atoms with Gasteiger partial charge in [-0.3, -0.25) is 0 Å². The average Bonchev–Trinajstić information content (AvgIpc) is 3.12. The molecule has 0 bridgehead atoms. The van der Waals surface area contributed by atoms with Gasteiger partial charge in [-0.2, -0.15) is 5.10 Å². The van der Waals surface area contributed by atoms with Gasteiger partial charge >= 0.3 is 6.09 Å². The van der Waals surface area contributed by atoms with Gasteiger partial charge < -0.3 is 24.8 Å². The quantitative estimate of drug-likeness (QED) is 0.523. The molecule has 2 aromatic heterocycles. The summed E-state index contributed by atoms with van der Waals surface area (Å²) in [5.41, 5.74) is 2.33. The molecule has 0 aliphatic carbocycles. The second kappa shape index (κ2) is 10.6. The zero-order valence-electron chi connectivity index (χ0n) is 19.9. The third kappa shape index (κ3) is 6.57. The number of nitrogens with one attached hydrogen (secondary N) is 2. The normalized spacial score (nSPS) is 15.4. The number of imidazole rings is 1. The molecule has 34 heavy (non-hydrogen) atoms. The van der Waals surface area contributed by atoms with Gasteiger partial charge in [0.25, 0.3) is 0 Å². The van der Waals surface area contributed by atoms with Crippen LogP contribution in [0.25, 0.3) is 11.0 Å². The Morgan fingerprint density at radius 2 is 1.91 bits per heavy atom. The number of hydrogen-bond acceptors (Lipinski definition) is 7. The van der Waals surface area contributed by atoms with Gasteiger partial charge in [-0.15, -0.1) is 5.10 Å². The van der Waals surface area contributed by atoms with Gasteiger partial charge in [-0.05, 0) is 57.9 Å². The number of anilines is 1. The van der Waals surface area contributed by atoms with Gasteiger partial charge in [-0.25, -0.2) is 9.78 Å². The van der Waals surface area contributed by atoms with E-state index in [1.807, 2.05) is 45.0 Å². The smallest absolute Gasteiger partial charge is 0.407 e. The third-order valence-corrected chi connectivity index (χ3v) is 5.88. The molecule has 1 aromatic carbocycles. The van der Waals surface area contributed by atoms with Crippen molar-refractivity contribution in [3.8, 4) is 0 Å². The number of carbonyl (C=O) groups is 1. The standard InChI is InChI=1S/C24H32ClN7O2/c1-24(2,3)34-23(33)26-12-15-31-13-10-17(11-14-31)27-22-28-19-6-4-5-7-20(19)32(22)16-18-8-9-21(25)30-29-18/h4-9,17H,10-16H2,1-3H3,(H,26,33)(H,27,28). The Hall–Kier alpha value is -2.91. The fourth-order valence-electron chi connectivity index (χ4n) is 4.05. The third-order valence-electron chi connectivity index (χ3n) is 5.68. The fourth-order valence-corrected chi connectivity index (χ4v) is 4.15. The highest BCUT2D eigenvalue weighted by Gasteiger charge is 2.22. The Morgan fingerprint density at radius 3 is 2.62 bits per heavy atom. The minimum absolute atomic E-state index is 0.321. The van der Waals surface area contributed by atoms with Crippen molar-refractivity contribution in [2.24, 2.45) is 0 Å². The highest BCUT2D eigenvalue weighted by atomic mass is 35.5. The molecule has 0 spiro atoms. The van der Waals surface area contributed by atoms with Crippen LogP contribution in [0.15, 0.2) is 36.4 Å². The number of ether oxygens (including phenoxy) is 1. The van der Waals surface area contributed by atoms with Crippen LogP contribution in [0.2, 0.25) is 5.15 Å². The molecule has 0 unspecified atom stereocenters. The zero-order chi connectivity index (χ0) is 24.1. The molecular weight excluding hydrogens is 454 g/mol. The van der Waals surface area contributed by atoms with Crippen LogP contribution in [-0.2, 0) is 11.3 Å². The van der Waals surface area contributed by atoms with Crippen molar-refractivity contribution >= 4 is 34.7 Å². The van der Waals surface area contributed by atoms with Crippen molar-refractivity contribution in [3.05, 3.63) is 47.2 Å². The Labute approximate surface area is 204 Å². The largest absolute Gasteiger partial charge is 0.444 e. The lowest BCUT2D eigenvalue weighted by atomic mass is 10.1. The number of hydrogen-bond donors (Lipinski definition) is 2. The second-order valence-electron chi connectivity index (χ2n) is 9.55. The van der Waals surface area contributed by atoms with Gasteiger partial charge in [0.15, 0.2) is 5.15 Å². The number of rotatable bonds is 7. The van der Waals surface area contributed by atoms with Crippen molar-refractivity contribution in [1.82, 2.24) is 30.0 Å². The Balaban J connectivity index is 1.33. The second-order valence-corrected chi connectivity index (χ2v) is 9.93. The summed E-state index contributed by atoms with van der Waals surface area (Å²) in [5.74, 6) is 0.836. The van der Waals surface area contributed by atoms with Crippen LogP contribution < -0.4 is 10.6 Å². The van der Waals surface area contributed by atoms with E-state index in [4.69, 9.17) is 21.3 Å². The minimum atomic E-state index is -0.481. The van der Waals surface area contributed by atoms with E-state index < -0.39 is 5.60 Å². The topological polar surface area (TPSA) is 97.2 Å². The van der Waals surface area contributed by atoms with E-state index in [9.17, 15) is 4.79 Å². The molecule has 1 saturated heterocycles. The molecule has 9 nitrogen and oxygen atoms in total. The van der Waals surface area contributed by atoms with Gasteiger partial charge in [-0.1, -0.05) is 23.7 Å². The molecule has 0 radical (unpaired) electrons. The lowest BCUT2D eigenvalue weighted by molar-refractivity contribution is 0.0520. The van der Waals surface area contributed by atoms with Crippen molar-refractivity contribution in [2.75, 3.05) is 31.5 Å². The van der Waals surface area contributed by atoms with Gasteiger partial charge in [0.2, 0.25) is 5.95 Å². The summed E-state index contributed by atoms with van der Waals surface area (Å²) in [7, 11) is 0. The van der Waals surface area contributed by atoms with E-state index in [2.05, 4.69) is 36.4 Å². The van der Waals surface area contributed by atoms with Gasteiger partial charge in [0, 0.05) is 32.2 Å². The van der Waals surface area contributed by atoms with Crippen molar-refractivity contribution in [2.45, 2.75) is 51.8 Å². The van der Waals surface area contributed by atoms with Crippen LogP contribution >= 0.6 is 11.6 Å². The molecular formula is C24H32ClN7O2. The first kappa shape index (κ1) is 24.2. The van der Waals surface area contributed by atoms with Crippen LogP contribution in [0.5, 0.6) is 0 Å². The molecule has 3 aromatic rings. The fraction of sp³-hybridized carbons (Fsp3) is 0.500. The Morgan fingerprint density at radius 1 is 1.15 bits per heavy atom. The van der Waals surface area contributed by atoms with E-state index >= 15 is 0 Å². The van der Waals surface area contributed by atoms with Crippen molar-refractivity contribution in [1.29, 1.82) is 0 Å². The molecule has 1 amide bonds. The summed E-state index contributed by atoms with van der Waals surface area (Å²) < 4.78 is 7.44. The Kier molecular flexibility index (Phi) is 7.53. The maximum Gasteiger partial charge on any atom is 0.407 e. The van der Waals surface area contributed by atoms with Crippen molar-refractivity contribution in [3.63, 3.8) is 0 Å². The maximum absolute atomic E-state index is 11.8. The van der Waals surface area contributed by atoms with Crippen LogP contribution in [-0.4, -0.2) is 68.6 Å². The summed E-state index contributed by atoms with van der Waals surface area (Å²) in [5, 5.41) is 15.1.